The predicted octanol–water partition coefficient (Wildman–Crippen LogP) is -1.67. The van der Waals surface area contributed by atoms with Crippen molar-refractivity contribution in [2.24, 2.45) is 11.5 Å². The first-order valence-electron chi connectivity index (χ1n) is 6.31. The molecule has 2 aromatic heterocycles. The van der Waals surface area contributed by atoms with Crippen LogP contribution in [0.5, 0.6) is 0 Å². The molecule has 0 spiro atoms. The third-order valence-electron chi connectivity index (χ3n) is 2.62. The smallest absolute Gasteiger partial charge is 0.320 e. The van der Waals surface area contributed by atoms with Crippen LogP contribution in [0.4, 0.5) is 0 Å². The molecule has 0 saturated heterocycles. The molecule has 0 aliphatic carbocycles. The number of nitrogens with zero attached hydrogens (tertiary/aromatic N) is 2. The van der Waals surface area contributed by atoms with Gasteiger partial charge in [-0.05, 0) is 0 Å². The van der Waals surface area contributed by atoms with Gasteiger partial charge in [0.15, 0.2) is 0 Å². The number of aromatic nitrogens is 4. The minimum absolute atomic E-state index is 0. The average molecular weight is 365 g/mol. The SMILES string of the molecule is Cl.N[C@@H](Cc1cnc[nH]1)C(=O)O.N[C@@H](Cc1cnc[nH]1)C(=O)O.O. The molecule has 2 aromatic rings. The number of aromatic amines is 2. The van der Waals surface area contributed by atoms with Gasteiger partial charge in [0.2, 0.25) is 0 Å². The molecule has 0 aromatic carbocycles. The Balaban J connectivity index is 0. The summed E-state index contributed by atoms with van der Waals surface area (Å²) < 4.78 is 0. The van der Waals surface area contributed by atoms with Gasteiger partial charge in [-0.25, -0.2) is 9.97 Å². The highest BCUT2D eigenvalue weighted by molar-refractivity contribution is 5.85. The van der Waals surface area contributed by atoms with Gasteiger partial charge in [-0.2, -0.15) is 0 Å². The van der Waals surface area contributed by atoms with E-state index in [2.05, 4.69) is 19.9 Å². The van der Waals surface area contributed by atoms with Crippen LogP contribution in [-0.2, 0) is 22.4 Å². The van der Waals surface area contributed by atoms with Crippen LogP contribution in [0, 0.1) is 0 Å². The van der Waals surface area contributed by atoms with E-state index in [4.69, 9.17) is 21.7 Å². The number of halogens is 1. The van der Waals surface area contributed by atoms with E-state index in [0.717, 1.165) is 11.4 Å². The Hall–Kier alpha value is -2.47. The van der Waals surface area contributed by atoms with Crippen LogP contribution in [0.3, 0.4) is 0 Å². The van der Waals surface area contributed by atoms with Gasteiger partial charge in [-0.15, -0.1) is 12.4 Å². The lowest BCUT2D eigenvalue weighted by Gasteiger charge is -2.02. The van der Waals surface area contributed by atoms with Gasteiger partial charge in [-0.3, -0.25) is 9.59 Å². The minimum Gasteiger partial charge on any atom is -0.480 e. The van der Waals surface area contributed by atoms with Crippen LogP contribution in [0.15, 0.2) is 25.0 Å². The molecule has 2 rings (SSSR count). The minimum atomic E-state index is -1.00. The predicted molar refractivity (Wildman–Crippen MR) is 86.7 cm³/mol. The number of nitrogens with two attached hydrogens (primary N) is 2. The van der Waals surface area contributed by atoms with Gasteiger partial charge >= 0.3 is 11.9 Å². The third-order valence-corrected chi connectivity index (χ3v) is 2.62. The number of aliphatic carboxylic acids is 2. The molecule has 0 amide bonds. The van der Waals surface area contributed by atoms with E-state index in [1.807, 2.05) is 0 Å². The van der Waals surface area contributed by atoms with E-state index in [9.17, 15) is 9.59 Å². The van der Waals surface area contributed by atoms with Crippen LogP contribution in [0.25, 0.3) is 0 Å². The average Bonchev–Trinajstić information content (AvgIpc) is 3.12. The number of rotatable bonds is 6. The number of imidazole rings is 2. The van der Waals surface area contributed by atoms with Crippen molar-refractivity contribution in [3.05, 3.63) is 36.4 Å². The number of hydrogen-bond acceptors (Lipinski definition) is 6. The van der Waals surface area contributed by atoms with Crippen molar-refractivity contribution in [3.63, 3.8) is 0 Å². The highest BCUT2D eigenvalue weighted by Gasteiger charge is 2.12. The molecule has 0 radical (unpaired) electrons. The summed E-state index contributed by atoms with van der Waals surface area (Å²) in [5, 5.41) is 16.8. The maximum absolute atomic E-state index is 10.3. The summed E-state index contributed by atoms with van der Waals surface area (Å²) in [4.78, 5) is 33.5. The molecular formula is C12H21ClN6O5. The summed E-state index contributed by atoms with van der Waals surface area (Å²) in [6, 6.07) is -1.70. The summed E-state index contributed by atoms with van der Waals surface area (Å²) in [7, 11) is 0. The molecule has 136 valence electrons. The van der Waals surface area contributed by atoms with Gasteiger partial charge in [0.1, 0.15) is 12.1 Å². The van der Waals surface area contributed by atoms with Crippen molar-refractivity contribution in [2.75, 3.05) is 0 Å². The van der Waals surface area contributed by atoms with Crippen molar-refractivity contribution < 1.29 is 25.3 Å². The van der Waals surface area contributed by atoms with E-state index in [0.29, 0.717) is 0 Å². The fourth-order valence-corrected chi connectivity index (χ4v) is 1.44. The zero-order chi connectivity index (χ0) is 16.5. The van der Waals surface area contributed by atoms with Gasteiger partial charge in [0, 0.05) is 36.6 Å². The molecule has 2 heterocycles. The Morgan fingerprint density at radius 1 is 0.958 bits per heavy atom. The van der Waals surface area contributed by atoms with E-state index in [-0.39, 0.29) is 30.7 Å². The molecule has 0 aliphatic rings. The van der Waals surface area contributed by atoms with Crippen LogP contribution >= 0.6 is 12.4 Å². The monoisotopic (exact) mass is 364 g/mol. The number of nitrogens with one attached hydrogen (secondary N) is 2. The molecule has 12 heteroatoms. The molecule has 10 N–H and O–H groups in total. The Labute approximate surface area is 143 Å². The second kappa shape index (κ2) is 12.0. The molecule has 0 aliphatic heterocycles. The van der Waals surface area contributed by atoms with E-state index < -0.39 is 24.0 Å². The maximum Gasteiger partial charge on any atom is 0.320 e. The molecule has 0 fully saturated rings. The van der Waals surface area contributed by atoms with Crippen LogP contribution in [-0.4, -0.2) is 59.6 Å². The second-order valence-corrected chi connectivity index (χ2v) is 4.45. The summed E-state index contributed by atoms with van der Waals surface area (Å²) in [5.41, 5.74) is 12.0. The highest BCUT2D eigenvalue weighted by Crippen LogP contribution is 1.96. The maximum atomic E-state index is 10.3. The second-order valence-electron chi connectivity index (χ2n) is 4.45. The van der Waals surface area contributed by atoms with Gasteiger partial charge in [0.25, 0.3) is 0 Å². The number of carboxylic acids is 2. The summed E-state index contributed by atoms with van der Waals surface area (Å²) >= 11 is 0. The van der Waals surface area contributed by atoms with Gasteiger partial charge < -0.3 is 37.1 Å². The topological polar surface area (TPSA) is 215 Å². The highest BCUT2D eigenvalue weighted by atomic mass is 35.5. The molecule has 0 bridgehead atoms. The lowest BCUT2D eigenvalue weighted by molar-refractivity contribution is -0.139. The van der Waals surface area contributed by atoms with E-state index in [1.54, 1.807) is 12.4 Å². The zero-order valence-electron chi connectivity index (χ0n) is 12.5. The number of hydrogen-bond donors (Lipinski definition) is 6. The van der Waals surface area contributed by atoms with E-state index in [1.165, 1.54) is 12.7 Å². The summed E-state index contributed by atoms with van der Waals surface area (Å²) in [6.45, 7) is 0. The van der Waals surface area contributed by atoms with Crippen molar-refractivity contribution in [2.45, 2.75) is 24.9 Å². The molecular weight excluding hydrogens is 344 g/mol. The molecule has 24 heavy (non-hydrogen) atoms. The molecule has 11 nitrogen and oxygen atoms in total. The lowest BCUT2D eigenvalue weighted by Crippen LogP contribution is -2.32. The summed E-state index contributed by atoms with van der Waals surface area (Å²) in [6.07, 6.45) is 6.67. The van der Waals surface area contributed by atoms with E-state index >= 15 is 0 Å². The standard InChI is InChI=1S/2C6H9N3O2.ClH.H2O/c2*7-5(6(10)11)1-4-2-8-3-9-4;;/h2*2-3,5H,1,7H2,(H,8,9)(H,10,11);1H;1H2/t2*5-;;/m00../s1. The summed E-state index contributed by atoms with van der Waals surface area (Å²) in [5.74, 6) is -2.00. The Morgan fingerprint density at radius 2 is 1.29 bits per heavy atom. The first kappa shape index (κ1) is 23.8. The lowest BCUT2D eigenvalue weighted by atomic mass is 10.2. The van der Waals surface area contributed by atoms with Crippen LogP contribution in [0.2, 0.25) is 0 Å². The first-order valence-corrected chi connectivity index (χ1v) is 6.31. The number of carbonyl (C=O) groups is 2. The molecule has 0 saturated carbocycles. The largest absolute Gasteiger partial charge is 0.480 e. The van der Waals surface area contributed by atoms with Crippen LogP contribution in [0.1, 0.15) is 11.4 Å². The Kier molecular flexibility index (Phi) is 11.9. The van der Waals surface area contributed by atoms with Crippen molar-refractivity contribution in [3.8, 4) is 0 Å². The fraction of sp³-hybridized carbons (Fsp3) is 0.333. The van der Waals surface area contributed by atoms with Gasteiger partial charge in [-0.1, -0.05) is 0 Å². The first-order chi connectivity index (χ1) is 10.4. The molecule has 2 atom stereocenters. The normalized spacial score (nSPS) is 11.8. The number of carboxylic acid groups (broad SMARTS) is 2. The van der Waals surface area contributed by atoms with Crippen molar-refractivity contribution in [1.82, 2.24) is 19.9 Å². The Morgan fingerprint density at radius 3 is 1.50 bits per heavy atom. The zero-order valence-corrected chi connectivity index (χ0v) is 13.4. The molecule has 0 unspecified atom stereocenters. The quantitative estimate of drug-likeness (QED) is 0.347. The Bertz CT molecular complexity index is 525. The third kappa shape index (κ3) is 8.85. The van der Waals surface area contributed by atoms with Crippen molar-refractivity contribution in [1.29, 1.82) is 0 Å². The fourth-order valence-electron chi connectivity index (χ4n) is 1.44. The number of H-pyrrole nitrogens is 2. The van der Waals surface area contributed by atoms with Crippen molar-refractivity contribution >= 4 is 24.3 Å². The van der Waals surface area contributed by atoms with Crippen LogP contribution < -0.4 is 11.5 Å². The van der Waals surface area contributed by atoms with Gasteiger partial charge in [0.05, 0.1) is 12.7 Å².